The van der Waals surface area contributed by atoms with Crippen molar-refractivity contribution >= 4 is 15.9 Å². The Morgan fingerprint density at radius 2 is 1.26 bits per heavy atom. The van der Waals surface area contributed by atoms with Gasteiger partial charge < -0.3 is 14.2 Å². The highest BCUT2D eigenvalue weighted by molar-refractivity contribution is 9.10. The van der Waals surface area contributed by atoms with Crippen LogP contribution in [0.15, 0.2) is 40.9 Å². The van der Waals surface area contributed by atoms with Crippen molar-refractivity contribution < 1.29 is 14.2 Å². The van der Waals surface area contributed by atoms with E-state index >= 15 is 0 Å². The van der Waals surface area contributed by atoms with E-state index in [0.29, 0.717) is 0 Å². The zero-order valence-corrected chi connectivity index (χ0v) is 17.8. The highest BCUT2D eigenvalue weighted by atomic mass is 79.9. The second-order valence-electron chi connectivity index (χ2n) is 6.69. The second kappa shape index (κ2) is 9.44. The number of rotatable bonds is 7. The highest BCUT2D eigenvalue weighted by Gasteiger charge is 2.20. The molecule has 0 amide bonds. The van der Waals surface area contributed by atoms with Crippen molar-refractivity contribution in [3.63, 3.8) is 0 Å². The van der Waals surface area contributed by atoms with E-state index in [-0.39, 0.29) is 0 Å². The Balaban J connectivity index is 1.59. The first-order chi connectivity index (χ1) is 13.1. The van der Waals surface area contributed by atoms with Crippen LogP contribution >= 0.6 is 15.9 Å². The average Bonchev–Trinajstić information content (AvgIpc) is 2.69. The van der Waals surface area contributed by atoms with E-state index in [1.807, 2.05) is 24.3 Å². The molecule has 1 heterocycles. The first kappa shape index (κ1) is 20.0. The largest absolute Gasteiger partial charge is 0.497 e. The normalized spacial score (nSPS) is 15.6. The Hall–Kier alpha value is -1.76. The minimum absolute atomic E-state index is 0.867. The molecule has 0 aromatic heterocycles. The maximum absolute atomic E-state index is 5.51. The van der Waals surface area contributed by atoms with Crippen molar-refractivity contribution in [2.45, 2.75) is 13.1 Å². The Morgan fingerprint density at radius 1 is 0.741 bits per heavy atom. The molecule has 0 radical (unpaired) electrons. The van der Waals surface area contributed by atoms with Crippen molar-refractivity contribution in [3.05, 3.63) is 52.0 Å². The van der Waals surface area contributed by atoms with Gasteiger partial charge in [-0.2, -0.15) is 0 Å². The predicted octanol–water partition coefficient (Wildman–Crippen LogP) is 3.79. The number of piperazine rings is 1. The van der Waals surface area contributed by atoms with Crippen LogP contribution in [0, 0.1) is 0 Å². The molecule has 0 saturated carbocycles. The Morgan fingerprint density at radius 3 is 1.78 bits per heavy atom. The lowest BCUT2D eigenvalue weighted by Crippen LogP contribution is -2.45. The van der Waals surface area contributed by atoms with Gasteiger partial charge in [0.05, 0.1) is 21.3 Å². The molecule has 0 spiro atoms. The summed E-state index contributed by atoms with van der Waals surface area (Å²) in [5.41, 5.74) is 2.38. The SMILES string of the molecule is COc1ccc(OC)c(CN2CCN(Cc3cc(Br)ccc3OC)CC2)c1. The van der Waals surface area contributed by atoms with E-state index in [0.717, 1.165) is 61.0 Å². The number of ether oxygens (including phenoxy) is 3. The fourth-order valence-electron chi connectivity index (χ4n) is 3.46. The van der Waals surface area contributed by atoms with Crippen LogP contribution in [0.5, 0.6) is 17.2 Å². The fourth-order valence-corrected chi connectivity index (χ4v) is 3.87. The maximum atomic E-state index is 5.51. The monoisotopic (exact) mass is 434 g/mol. The summed E-state index contributed by atoms with van der Waals surface area (Å²) in [5, 5.41) is 0. The molecule has 6 heteroatoms. The maximum Gasteiger partial charge on any atom is 0.123 e. The van der Waals surface area contributed by atoms with Crippen LogP contribution in [0.2, 0.25) is 0 Å². The van der Waals surface area contributed by atoms with Crippen LogP contribution < -0.4 is 14.2 Å². The van der Waals surface area contributed by atoms with Gasteiger partial charge in [0.15, 0.2) is 0 Å². The van der Waals surface area contributed by atoms with Gasteiger partial charge in [-0.15, -0.1) is 0 Å². The molecule has 0 aliphatic carbocycles. The molecule has 1 aliphatic rings. The summed E-state index contributed by atoms with van der Waals surface area (Å²) in [7, 11) is 5.14. The molecule has 1 saturated heterocycles. The van der Waals surface area contributed by atoms with Crippen LogP contribution in [0.4, 0.5) is 0 Å². The van der Waals surface area contributed by atoms with Crippen molar-refractivity contribution in [1.82, 2.24) is 9.80 Å². The van der Waals surface area contributed by atoms with Crippen LogP contribution in [0.25, 0.3) is 0 Å². The summed E-state index contributed by atoms with van der Waals surface area (Å²) in [6.45, 7) is 5.88. The molecule has 3 rings (SSSR count). The van der Waals surface area contributed by atoms with Gasteiger partial charge in [0.2, 0.25) is 0 Å². The topological polar surface area (TPSA) is 34.2 Å². The molecule has 2 aromatic rings. The van der Waals surface area contributed by atoms with Gasteiger partial charge >= 0.3 is 0 Å². The number of benzene rings is 2. The minimum atomic E-state index is 0.867. The van der Waals surface area contributed by atoms with Gasteiger partial charge in [-0.1, -0.05) is 15.9 Å². The standard InChI is InChI=1S/C21H27BrN2O3/c1-25-19-5-7-21(27-3)17(13-19)15-24-10-8-23(9-11-24)14-16-12-18(22)4-6-20(16)26-2/h4-7,12-13H,8-11,14-15H2,1-3H3. The molecule has 1 fully saturated rings. The first-order valence-electron chi connectivity index (χ1n) is 9.11. The predicted molar refractivity (Wildman–Crippen MR) is 111 cm³/mol. The molecule has 0 unspecified atom stereocenters. The summed E-state index contributed by atoms with van der Waals surface area (Å²) in [6.07, 6.45) is 0. The van der Waals surface area contributed by atoms with Gasteiger partial charge in [-0.3, -0.25) is 9.80 Å². The Bertz CT molecular complexity index is 761. The zero-order valence-electron chi connectivity index (χ0n) is 16.2. The van der Waals surface area contributed by atoms with Crippen molar-refractivity contribution in [3.8, 4) is 17.2 Å². The third-order valence-electron chi connectivity index (χ3n) is 4.98. The zero-order chi connectivity index (χ0) is 19.2. The summed E-state index contributed by atoms with van der Waals surface area (Å²) < 4.78 is 17.5. The molecular formula is C21H27BrN2O3. The summed E-state index contributed by atoms with van der Waals surface area (Å²) in [4.78, 5) is 4.94. The third-order valence-corrected chi connectivity index (χ3v) is 5.48. The molecule has 0 atom stereocenters. The minimum Gasteiger partial charge on any atom is -0.497 e. The smallest absolute Gasteiger partial charge is 0.123 e. The van der Waals surface area contributed by atoms with Crippen molar-refractivity contribution in [2.75, 3.05) is 47.5 Å². The van der Waals surface area contributed by atoms with Crippen LogP contribution in [0.1, 0.15) is 11.1 Å². The van der Waals surface area contributed by atoms with Gasteiger partial charge in [-0.25, -0.2) is 0 Å². The molecule has 146 valence electrons. The molecule has 0 bridgehead atoms. The van der Waals surface area contributed by atoms with Crippen LogP contribution in [-0.2, 0) is 13.1 Å². The molecule has 1 aliphatic heterocycles. The number of nitrogens with zero attached hydrogens (tertiary/aromatic N) is 2. The van der Waals surface area contributed by atoms with Crippen LogP contribution in [-0.4, -0.2) is 57.3 Å². The second-order valence-corrected chi connectivity index (χ2v) is 7.60. The molecule has 0 N–H and O–H groups in total. The van der Waals surface area contributed by atoms with E-state index in [9.17, 15) is 0 Å². The van der Waals surface area contributed by atoms with E-state index in [1.54, 1.807) is 21.3 Å². The Kier molecular flexibility index (Phi) is 6.99. The van der Waals surface area contributed by atoms with Gasteiger partial charge in [0.1, 0.15) is 17.2 Å². The number of hydrogen-bond acceptors (Lipinski definition) is 5. The number of halogens is 1. The van der Waals surface area contributed by atoms with Crippen molar-refractivity contribution in [2.24, 2.45) is 0 Å². The highest BCUT2D eigenvalue weighted by Crippen LogP contribution is 2.27. The molecule has 5 nitrogen and oxygen atoms in total. The average molecular weight is 435 g/mol. The van der Waals surface area contributed by atoms with Crippen LogP contribution in [0.3, 0.4) is 0 Å². The van der Waals surface area contributed by atoms with Gasteiger partial charge in [0.25, 0.3) is 0 Å². The lowest BCUT2D eigenvalue weighted by Gasteiger charge is -2.35. The summed E-state index contributed by atoms with van der Waals surface area (Å²) in [5.74, 6) is 2.73. The van der Waals surface area contributed by atoms with Gasteiger partial charge in [-0.05, 0) is 36.4 Å². The molecular weight excluding hydrogens is 408 g/mol. The van der Waals surface area contributed by atoms with E-state index in [1.165, 1.54) is 11.1 Å². The first-order valence-corrected chi connectivity index (χ1v) is 9.90. The lowest BCUT2D eigenvalue weighted by molar-refractivity contribution is 0.120. The fraction of sp³-hybridized carbons (Fsp3) is 0.429. The summed E-state index contributed by atoms with van der Waals surface area (Å²) in [6, 6.07) is 12.2. The number of hydrogen-bond donors (Lipinski definition) is 0. The van der Waals surface area contributed by atoms with E-state index in [2.05, 4.69) is 37.9 Å². The lowest BCUT2D eigenvalue weighted by atomic mass is 10.1. The molecule has 27 heavy (non-hydrogen) atoms. The third kappa shape index (κ3) is 5.15. The van der Waals surface area contributed by atoms with E-state index in [4.69, 9.17) is 14.2 Å². The number of methoxy groups -OCH3 is 3. The van der Waals surface area contributed by atoms with Gasteiger partial charge in [0, 0.05) is 54.9 Å². The summed E-state index contributed by atoms with van der Waals surface area (Å²) >= 11 is 3.56. The Labute approximate surface area is 169 Å². The quantitative estimate of drug-likeness (QED) is 0.661. The van der Waals surface area contributed by atoms with E-state index < -0.39 is 0 Å². The van der Waals surface area contributed by atoms with Crippen molar-refractivity contribution in [1.29, 1.82) is 0 Å². The molecule has 2 aromatic carbocycles.